The molecule has 0 aromatic heterocycles. The maximum atomic E-state index is 12.5. The summed E-state index contributed by atoms with van der Waals surface area (Å²) in [6, 6.07) is 2.93. The van der Waals surface area contributed by atoms with Crippen molar-refractivity contribution in [3.05, 3.63) is 28.2 Å². The highest BCUT2D eigenvalue weighted by Crippen LogP contribution is 2.34. The molecule has 0 fully saturated rings. The van der Waals surface area contributed by atoms with Gasteiger partial charge in [0.05, 0.1) is 10.0 Å². The van der Waals surface area contributed by atoms with E-state index in [0.29, 0.717) is 0 Å². The zero-order chi connectivity index (χ0) is 15.6. The molecule has 0 saturated carbocycles. The van der Waals surface area contributed by atoms with Crippen molar-refractivity contribution < 1.29 is 27.4 Å². The molecular weight excluding hydrogens is 341 g/mol. The Hall–Kier alpha value is -1.24. The lowest BCUT2D eigenvalue weighted by molar-refractivity contribution is -0.157. The highest BCUT2D eigenvalue weighted by atomic mass is 79.9. The van der Waals surface area contributed by atoms with Gasteiger partial charge in [0.25, 0.3) is 0 Å². The van der Waals surface area contributed by atoms with E-state index >= 15 is 0 Å². The Balaban J connectivity index is 2.68. The second kappa shape index (κ2) is 6.03. The molecule has 0 saturated heterocycles. The number of benzene rings is 1. The number of hydrogen-bond acceptors (Lipinski definition) is 3. The van der Waals surface area contributed by atoms with Gasteiger partial charge in [0.15, 0.2) is 6.61 Å². The van der Waals surface area contributed by atoms with Gasteiger partial charge in [0.2, 0.25) is 0 Å². The molecule has 0 radical (unpaired) electrons. The molecule has 0 aliphatic carbocycles. The third kappa shape index (κ3) is 5.40. The molecule has 20 heavy (non-hydrogen) atoms. The first-order valence-corrected chi connectivity index (χ1v) is 6.50. The number of carbonyl (C=O) groups excluding carboxylic acids is 1. The van der Waals surface area contributed by atoms with Gasteiger partial charge in [0, 0.05) is 0 Å². The fourth-order valence-electron chi connectivity index (χ4n) is 1.30. The van der Waals surface area contributed by atoms with Crippen molar-refractivity contribution in [2.24, 2.45) is 0 Å². The molecule has 0 aliphatic heterocycles. The van der Waals surface area contributed by atoms with Gasteiger partial charge in [-0.3, -0.25) is 0 Å². The van der Waals surface area contributed by atoms with Crippen molar-refractivity contribution in [2.45, 2.75) is 32.5 Å². The molecule has 0 atom stereocenters. The van der Waals surface area contributed by atoms with Crippen LogP contribution in [-0.2, 0) is 15.7 Å². The lowest BCUT2D eigenvalue weighted by Crippen LogP contribution is -2.27. The van der Waals surface area contributed by atoms with E-state index in [4.69, 9.17) is 9.47 Å². The lowest BCUT2D eigenvalue weighted by atomic mass is 10.2. The largest absolute Gasteiger partial charge is 0.481 e. The molecule has 0 N–H and O–H groups in total. The predicted octanol–water partition coefficient (Wildman–Crippen LogP) is 4.19. The van der Waals surface area contributed by atoms with Crippen LogP contribution in [0.25, 0.3) is 0 Å². The summed E-state index contributed by atoms with van der Waals surface area (Å²) in [7, 11) is 0. The molecule has 0 amide bonds. The van der Waals surface area contributed by atoms with Crippen LogP contribution < -0.4 is 4.74 Å². The molecular formula is C13H14BrF3O3. The molecule has 1 rings (SSSR count). The highest BCUT2D eigenvalue weighted by molar-refractivity contribution is 9.10. The molecule has 0 aliphatic rings. The van der Waals surface area contributed by atoms with Gasteiger partial charge in [-0.15, -0.1) is 0 Å². The van der Waals surface area contributed by atoms with Crippen molar-refractivity contribution in [3.8, 4) is 5.75 Å². The van der Waals surface area contributed by atoms with Crippen LogP contribution in [0.5, 0.6) is 5.75 Å². The van der Waals surface area contributed by atoms with E-state index < -0.39 is 23.3 Å². The molecule has 3 nitrogen and oxygen atoms in total. The SMILES string of the molecule is CC(C)(C)OC(=O)COc1ccc(C(F)(F)F)cc1Br. The van der Waals surface area contributed by atoms with E-state index in [-0.39, 0.29) is 16.8 Å². The summed E-state index contributed by atoms with van der Waals surface area (Å²) in [4.78, 5) is 11.4. The number of halogens is 4. The lowest BCUT2D eigenvalue weighted by Gasteiger charge is -2.19. The minimum atomic E-state index is -4.42. The van der Waals surface area contributed by atoms with E-state index in [1.165, 1.54) is 0 Å². The summed E-state index contributed by atoms with van der Waals surface area (Å²) in [6.45, 7) is 4.75. The first-order valence-electron chi connectivity index (χ1n) is 5.70. The third-order valence-electron chi connectivity index (χ3n) is 2.02. The molecule has 0 bridgehead atoms. The van der Waals surface area contributed by atoms with Gasteiger partial charge in [-0.1, -0.05) is 0 Å². The number of alkyl halides is 3. The number of rotatable bonds is 3. The van der Waals surface area contributed by atoms with Gasteiger partial charge in [-0.25, -0.2) is 4.79 Å². The van der Waals surface area contributed by atoms with Crippen LogP contribution in [0.4, 0.5) is 13.2 Å². The summed E-state index contributed by atoms with van der Waals surface area (Å²) in [5, 5.41) is 0. The summed E-state index contributed by atoms with van der Waals surface area (Å²) in [5.74, 6) is -0.451. The fourth-order valence-corrected chi connectivity index (χ4v) is 1.80. The molecule has 112 valence electrons. The molecule has 1 aromatic carbocycles. The summed E-state index contributed by atoms with van der Waals surface area (Å²) >= 11 is 2.97. The standard InChI is InChI=1S/C13H14BrF3O3/c1-12(2,3)20-11(18)7-19-10-5-4-8(6-9(10)14)13(15,16)17/h4-6H,7H2,1-3H3. The van der Waals surface area contributed by atoms with E-state index in [1.807, 2.05) is 0 Å². The first-order chi connectivity index (χ1) is 8.99. The monoisotopic (exact) mass is 354 g/mol. The van der Waals surface area contributed by atoms with E-state index in [9.17, 15) is 18.0 Å². The Morgan fingerprint density at radius 2 is 1.85 bits per heavy atom. The molecule has 0 spiro atoms. The van der Waals surface area contributed by atoms with Crippen LogP contribution in [0.15, 0.2) is 22.7 Å². The maximum absolute atomic E-state index is 12.5. The topological polar surface area (TPSA) is 35.5 Å². The Morgan fingerprint density at radius 1 is 1.25 bits per heavy atom. The molecule has 0 unspecified atom stereocenters. The minimum absolute atomic E-state index is 0.121. The van der Waals surface area contributed by atoms with E-state index in [0.717, 1.165) is 18.2 Å². The Morgan fingerprint density at radius 3 is 2.30 bits per heavy atom. The van der Waals surface area contributed by atoms with Crippen LogP contribution in [0.3, 0.4) is 0 Å². The summed E-state index contributed by atoms with van der Waals surface area (Å²) < 4.78 is 47.7. The van der Waals surface area contributed by atoms with Crippen LogP contribution >= 0.6 is 15.9 Å². The number of esters is 1. The van der Waals surface area contributed by atoms with E-state index in [1.54, 1.807) is 20.8 Å². The molecule has 7 heteroatoms. The Kier molecular flexibility index (Phi) is 5.07. The van der Waals surface area contributed by atoms with Crippen molar-refractivity contribution in [1.29, 1.82) is 0 Å². The van der Waals surface area contributed by atoms with Crippen molar-refractivity contribution in [2.75, 3.05) is 6.61 Å². The number of ether oxygens (including phenoxy) is 2. The number of carbonyl (C=O) groups is 1. The Bertz CT molecular complexity index is 493. The normalized spacial score (nSPS) is 12.2. The van der Waals surface area contributed by atoms with Crippen molar-refractivity contribution >= 4 is 21.9 Å². The van der Waals surface area contributed by atoms with Gasteiger partial charge < -0.3 is 9.47 Å². The minimum Gasteiger partial charge on any atom is -0.481 e. The zero-order valence-corrected chi connectivity index (χ0v) is 12.8. The molecule has 1 aromatic rings. The van der Waals surface area contributed by atoms with Crippen LogP contribution in [0.2, 0.25) is 0 Å². The second-order valence-corrected chi connectivity index (χ2v) is 5.87. The van der Waals surface area contributed by atoms with Crippen LogP contribution in [-0.4, -0.2) is 18.2 Å². The van der Waals surface area contributed by atoms with E-state index in [2.05, 4.69) is 15.9 Å². The average molecular weight is 355 g/mol. The fraction of sp³-hybridized carbons (Fsp3) is 0.462. The smallest absolute Gasteiger partial charge is 0.416 e. The van der Waals surface area contributed by atoms with Gasteiger partial charge in [-0.05, 0) is 54.9 Å². The summed E-state index contributed by atoms with van der Waals surface area (Å²) in [5.41, 5.74) is -1.44. The quantitative estimate of drug-likeness (QED) is 0.763. The van der Waals surface area contributed by atoms with Crippen molar-refractivity contribution in [3.63, 3.8) is 0 Å². The van der Waals surface area contributed by atoms with Gasteiger partial charge in [0.1, 0.15) is 11.4 Å². The van der Waals surface area contributed by atoms with Crippen LogP contribution in [0, 0.1) is 0 Å². The average Bonchev–Trinajstić information content (AvgIpc) is 2.23. The third-order valence-corrected chi connectivity index (χ3v) is 2.64. The highest BCUT2D eigenvalue weighted by Gasteiger charge is 2.31. The number of hydrogen-bond donors (Lipinski definition) is 0. The first kappa shape index (κ1) is 16.8. The van der Waals surface area contributed by atoms with Gasteiger partial charge >= 0.3 is 12.1 Å². The van der Waals surface area contributed by atoms with Crippen molar-refractivity contribution in [1.82, 2.24) is 0 Å². The zero-order valence-electron chi connectivity index (χ0n) is 11.2. The Labute approximate surface area is 123 Å². The molecule has 0 heterocycles. The summed E-state index contributed by atoms with van der Waals surface area (Å²) in [6.07, 6.45) is -4.42. The predicted molar refractivity (Wildman–Crippen MR) is 70.5 cm³/mol. The van der Waals surface area contributed by atoms with Crippen LogP contribution in [0.1, 0.15) is 26.3 Å². The second-order valence-electron chi connectivity index (χ2n) is 5.02. The maximum Gasteiger partial charge on any atom is 0.416 e. The van der Waals surface area contributed by atoms with Gasteiger partial charge in [-0.2, -0.15) is 13.2 Å².